The number of rotatable bonds is 15. The molecule has 0 spiro atoms. The van der Waals surface area contributed by atoms with Gasteiger partial charge >= 0.3 is 0 Å². The Balaban J connectivity index is 2.26. The van der Waals surface area contributed by atoms with E-state index in [4.69, 9.17) is 47.0 Å². The van der Waals surface area contributed by atoms with E-state index in [1.165, 1.54) is 51.4 Å². The molecule has 0 radical (unpaired) electrons. The molecule has 0 saturated heterocycles. The molecule has 1 amide bonds. The van der Waals surface area contributed by atoms with Crippen LogP contribution in [0.25, 0.3) is 0 Å². The number of benzene rings is 1. The molecule has 0 heterocycles. The van der Waals surface area contributed by atoms with Gasteiger partial charge in [0, 0.05) is 16.6 Å². The first-order valence-electron chi connectivity index (χ1n) is 11.4. The number of nitrogens with one attached hydrogen (secondary N) is 3. The number of hydrogen-bond acceptors (Lipinski definition) is 2. The lowest BCUT2D eigenvalue weighted by Crippen LogP contribution is -2.56. The first kappa shape index (κ1) is 29.8. The lowest BCUT2D eigenvalue weighted by Gasteiger charge is -2.27. The average Bonchev–Trinajstić information content (AvgIpc) is 2.71. The lowest BCUT2D eigenvalue weighted by molar-refractivity contribution is -0.122. The summed E-state index contributed by atoms with van der Waals surface area (Å²) in [6.45, 7) is 2.24. The standard InChI is InChI=1S/C23H35BrCl3N3OS/c1-2-3-4-5-6-7-8-9-10-11-12-16-20(31)29-21(23(25,26)27)30-22(32)28-19-15-13-14-18(24)17-19/h13-15,17,21H,2-12,16H2,1H3,(H,29,31)(H2,28,30,32)/t21-/m1/s1. The van der Waals surface area contributed by atoms with Crippen molar-refractivity contribution in [3.05, 3.63) is 28.7 Å². The normalized spacial score (nSPS) is 12.3. The first-order chi connectivity index (χ1) is 15.2. The summed E-state index contributed by atoms with van der Waals surface area (Å²) in [5, 5.41) is 8.87. The maximum atomic E-state index is 12.3. The van der Waals surface area contributed by atoms with Crippen LogP contribution in [0.5, 0.6) is 0 Å². The van der Waals surface area contributed by atoms with Crippen molar-refractivity contribution in [1.29, 1.82) is 0 Å². The van der Waals surface area contributed by atoms with Crippen LogP contribution in [-0.2, 0) is 4.79 Å². The molecule has 1 aromatic rings. The van der Waals surface area contributed by atoms with Gasteiger partial charge in [0.15, 0.2) is 5.11 Å². The van der Waals surface area contributed by atoms with Crippen molar-refractivity contribution in [3.63, 3.8) is 0 Å². The highest BCUT2D eigenvalue weighted by Gasteiger charge is 2.34. The minimum atomic E-state index is -1.75. The Bertz CT molecular complexity index is 689. The van der Waals surface area contributed by atoms with Crippen LogP contribution in [0.3, 0.4) is 0 Å². The predicted octanol–water partition coefficient (Wildman–Crippen LogP) is 8.25. The molecule has 0 bridgehead atoms. The SMILES string of the molecule is CCCCCCCCCCCCCC(=O)N[C@H](NC(=S)Nc1cccc(Br)c1)C(Cl)(Cl)Cl. The Morgan fingerprint density at radius 1 is 0.969 bits per heavy atom. The van der Waals surface area contributed by atoms with Gasteiger partial charge in [0.05, 0.1) is 0 Å². The quantitative estimate of drug-likeness (QED) is 0.0837. The summed E-state index contributed by atoms with van der Waals surface area (Å²) in [4.78, 5) is 12.3. The van der Waals surface area contributed by atoms with Crippen LogP contribution in [0.1, 0.15) is 84.0 Å². The Hall–Kier alpha value is -0.270. The summed E-state index contributed by atoms with van der Waals surface area (Å²) < 4.78 is -0.848. The monoisotopic (exact) mass is 585 g/mol. The molecule has 1 rings (SSSR count). The van der Waals surface area contributed by atoms with Crippen LogP contribution in [0.2, 0.25) is 0 Å². The maximum Gasteiger partial charge on any atom is 0.228 e. The first-order valence-corrected chi connectivity index (χ1v) is 13.7. The fourth-order valence-corrected chi connectivity index (χ4v) is 4.21. The molecule has 0 aromatic heterocycles. The van der Waals surface area contributed by atoms with Crippen LogP contribution in [0.15, 0.2) is 28.7 Å². The summed E-state index contributed by atoms with van der Waals surface area (Å²) in [5.41, 5.74) is 0.771. The molecule has 0 aliphatic heterocycles. The summed E-state index contributed by atoms with van der Waals surface area (Å²) >= 11 is 26.8. The Morgan fingerprint density at radius 2 is 1.53 bits per heavy atom. The van der Waals surface area contributed by atoms with Crippen LogP contribution in [0.4, 0.5) is 5.69 Å². The van der Waals surface area contributed by atoms with Crippen molar-refractivity contribution in [1.82, 2.24) is 10.6 Å². The molecule has 3 N–H and O–H groups in total. The van der Waals surface area contributed by atoms with Crippen molar-refractivity contribution >= 4 is 79.7 Å². The van der Waals surface area contributed by atoms with Crippen LogP contribution >= 0.6 is 63.0 Å². The number of alkyl halides is 3. The van der Waals surface area contributed by atoms with Gasteiger partial charge in [0.2, 0.25) is 9.70 Å². The zero-order valence-electron chi connectivity index (χ0n) is 18.7. The van der Waals surface area contributed by atoms with Crippen LogP contribution in [-0.4, -0.2) is 21.0 Å². The van der Waals surface area contributed by atoms with Gasteiger partial charge in [-0.25, -0.2) is 0 Å². The van der Waals surface area contributed by atoms with Crippen LogP contribution < -0.4 is 16.0 Å². The third kappa shape index (κ3) is 14.8. The summed E-state index contributed by atoms with van der Waals surface area (Å²) in [5.74, 6) is -0.171. The molecule has 1 atom stereocenters. The maximum absolute atomic E-state index is 12.3. The minimum absolute atomic E-state index is 0.171. The molecule has 0 saturated carbocycles. The molecule has 182 valence electrons. The number of unbranched alkanes of at least 4 members (excludes halogenated alkanes) is 10. The summed E-state index contributed by atoms with van der Waals surface area (Å²) in [6, 6.07) is 7.50. The van der Waals surface area contributed by atoms with E-state index in [2.05, 4.69) is 38.8 Å². The van der Waals surface area contributed by atoms with Crippen LogP contribution in [0, 0.1) is 0 Å². The third-order valence-corrected chi connectivity index (χ3v) is 6.37. The van der Waals surface area contributed by atoms with E-state index >= 15 is 0 Å². The predicted molar refractivity (Wildman–Crippen MR) is 147 cm³/mol. The van der Waals surface area contributed by atoms with E-state index in [9.17, 15) is 4.79 Å². The number of halogens is 4. The molecule has 4 nitrogen and oxygen atoms in total. The molecule has 1 aromatic carbocycles. The lowest BCUT2D eigenvalue weighted by atomic mass is 10.1. The number of carbonyl (C=O) groups is 1. The molecule has 9 heteroatoms. The Morgan fingerprint density at radius 3 is 2.06 bits per heavy atom. The largest absolute Gasteiger partial charge is 0.339 e. The molecule has 0 fully saturated rings. The van der Waals surface area contributed by atoms with Gasteiger partial charge in [0.25, 0.3) is 0 Å². The number of thiocarbonyl (C=S) groups is 1. The Kier molecular flexibility index (Phi) is 16.0. The minimum Gasteiger partial charge on any atom is -0.339 e. The van der Waals surface area contributed by atoms with E-state index in [-0.39, 0.29) is 11.0 Å². The Labute approximate surface area is 222 Å². The van der Waals surface area contributed by atoms with E-state index < -0.39 is 9.96 Å². The molecule has 32 heavy (non-hydrogen) atoms. The zero-order chi connectivity index (χ0) is 23.8. The van der Waals surface area contributed by atoms with Gasteiger partial charge in [0.1, 0.15) is 6.17 Å². The number of hydrogen-bond donors (Lipinski definition) is 3. The molecule has 0 unspecified atom stereocenters. The topological polar surface area (TPSA) is 53.2 Å². The zero-order valence-corrected chi connectivity index (χ0v) is 23.4. The van der Waals surface area contributed by atoms with Gasteiger partial charge in [-0.15, -0.1) is 0 Å². The number of anilines is 1. The highest BCUT2D eigenvalue weighted by molar-refractivity contribution is 9.10. The van der Waals surface area contributed by atoms with E-state index in [0.29, 0.717) is 6.42 Å². The van der Waals surface area contributed by atoms with E-state index in [0.717, 1.165) is 29.4 Å². The van der Waals surface area contributed by atoms with E-state index in [1.807, 2.05) is 24.3 Å². The van der Waals surface area contributed by atoms with Gasteiger partial charge < -0.3 is 16.0 Å². The van der Waals surface area contributed by atoms with Gasteiger partial charge in [-0.1, -0.05) is 128 Å². The summed E-state index contributed by atoms with van der Waals surface area (Å²) in [6.07, 6.45) is 13.0. The van der Waals surface area contributed by atoms with Crippen molar-refractivity contribution in [2.24, 2.45) is 0 Å². The number of amides is 1. The fourth-order valence-electron chi connectivity index (χ4n) is 3.25. The van der Waals surface area contributed by atoms with Crippen molar-refractivity contribution in [3.8, 4) is 0 Å². The fraction of sp³-hybridized carbons (Fsp3) is 0.652. The molecule has 0 aliphatic rings. The molecular formula is C23H35BrCl3N3OS. The van der Waals surface area contributed by atoms with E-state index in [1.54, 1.807) is 0 Å². The average molecular weight is 588 g/mol. The summed E-state index contributed by atoms with van der Waals surface area (Å²) in [7, 11) is 0. The third-order valence-electron chi connectivity index (χ3n) is 5.00. The second-order valence-electron chi connectivity index (χ2n) is 7.94. The smallest absolute Gasteiger partial charge is 0.228 e. The number of carbonyl (C=O) groups excluding carboxylic acids is 1. The van der Waals surface area contributed by atoms with Gasteiger partial charge in [-0.05, 0) is 36.8 Å². The molecular weight excluding hydrogens is 553 g/mol. The van der Waals surface area contributed by atoms with Crippen molar-refractivity contribution in [2.45, 2.75) is 93.9 Å². The highest BCUT2D eigenvalue weighted by atomic mass is 79.9. The van der Waals surface area contributed by atoms with Crippen molar-refractivity contribution in [2.75, 3.05) is 5.32 Å². The highest BCUT2D eigenvalue weighted by Crippen LogP contribution is 2.29. The van der Waals surface area contributed by atoms with Crippen molar-refractivity contribution < 1.29 is 4.79 Å². The second kappa shape index (κ2) is 17.2. The molecule has 0 aliphatic carbocycles. The van der Waals surface area contributed by atoms with Gasteiger partial charge in [-0.3, -0.25) is 4.79 Å². The van der Waals surface area contributed by atoms with Gasteiger partial charge in [-0.2, -0.15) is 0 Å². The second-order valence-corrected chi connectivity index (χ2v) is 11.6.